The van der Waals surface area contributed by atoms with Crippen molar-refractivity contribution >= 4 is 23.3 Å². The Bertz CT molecular complexity index is 587. The lowest BCUT2D eigenvalue weighted by Gasteiger charge is -2.54. The summed E-state index contributed by atoms with van der Waals surface area (Å²) < 4.78 is 0. The zero-order valence-corrected chi connectivity index (χ0v) is 13.8. The monoisotopic (exact) mass is 318 g/mol. The van der Waals surface area contributed by atoms with Crippen molar-refractivity contribution in [2.24, 2.45) is 5.92 Å². The molecule has 1 aromatic rings. The first kappa shape index (κ1) is 14.4. The van der Waals surface area contributed by atoms with Crippen molar-refractivity contribution in [1.29, 1.82) is 0 Å². The highest BCUT2D eigenvalue weighted by molar-refractivity contribution is 6.31. The lowest BCUT2D eigenvalue weighted by molar-refractivity contribution is -0.00601. The van der Waals surface area contributed by atoms with Gasteiger partial charge in [-0.2, -0.15) is 0 Å². The van der Waals surface area contributed by atoms with Gasteiger partial charge < -0.3 is 10.2 Å². The number of fused-ring (bicyclic) bond motifs is 2. The number of anilines is 1. The van der Waals surface area contributed by atoms with E-state index in [2.05, 4.69) is 23.2 Å². The van der Waals surface area contributed by atoms with Crippen LogP contribution in [0, 0.1) is 5.92 Å². The molecule has 1 aromatic carbocycles. The average Bonchev–Trinajstić information content (AvgIpc) is 2.40. The number of carbonyl (C=O) groups is 1. The fourth-order valence-corrected chi connectivity index (χ4v) is 4.59. The molecule has 2 saturated carbocycles. The minimum atomic E-state index is 0.0648. The molecule has 4 fully saturated rings. The molecular formula is C18H23ClN2O. The van der Waals surface area contributed by atoms with Crippen molar-refractivity contribution in [3.8, 4) is 0 Å². The van der Waals surface area contributed by atoms with Gasteiger partial charge in [0, 0.05) is 22.8 Å². The van der Waals surface area contributed by atoms with Crippen LogP contribution in [0.4, 0.5) is 10.5 Å². The summed E-state index contributed by atoms with van der Waals surface area (Å²) in [5, 5.41) is 3.92. The summed E-state index contributed by atoms with van der Waals surface area (Å²) in [7, 11) is 0. The van der Waals surface area contributed by atoms with Gasteiger partial charge in [-0.1, -0.05) is 24.9 Å². The fourth-order valence-electron chi connectivity index (χ4n) is 4.32. The highest BCUT2D eigenvalue weighted by atomic mass is 35.5. The molecule has 2 aliphatic carbocycles. The third-order valence-corrected chi connectivity index (χ3v) is 6.05. The molecule has 0 spiro atoms. The van der Waals surface area contributed by atoms with Crippen LogP contribution >= 0.6 is 11.6 Å². The SMILES string of the molecule is CC1CC2C[C@@H](C1)N2C(=O)Nc1ccc(Cl)c(C2CCC2)c1. The molecule has 3 nitrogen and oxygen atoms in total. The van der Waals surface area contributed by atoms with E-state index in [0.29, 0.717) is 18.0 Å². The van der Waals surface area contributed by atoms with Crippen molar-refractivity contribution < 1.29 is 4.79 Å². The maximum atomic E-state index is 12.5. The maximum absolute atomic E-state index is 12.5. The third kappa shape index (κ3) is 2.40. The van der Waals surface area contributed by atoms with E-state index < -0.39 is 0 Å². The van der Waals surface area contributed by atoms with Gasteiger partial charge >= 0.3 is 6.03 Å². The number of urea groups is 1. The summed E-state index contributed by atoms with van der Waals surface area (Å²) >= 11 is 6.31. The molecule has 2 heterocycles. The Labute approximate surface area is 137 Å². The first-order valence-electron chi connectivity index (χ1n) is 8.50. The van der Waals surface area contributed by atoms with Crippen LogP contribution in [0.25, 0.3) is 0 Å². The number of carbonyl (C=O) groups excluding carboxylic acids is 1. The van der Waals surface area contributed by atoms with Crippen LogP contribution in [0.2, 0.25) is 5.02 Å². The smallest absolute Gasteiger partial charge is 0.318 e. The Morgan fingerprint density at radius 3 is 2.59 bits per heavy atom. The molecule has 3 atom stereocenters. The Morgan fingerprint density at radius 2 is 1.95 bits per heavy atom. The summed E-state index contributed by atoms with van der Waals surface area (Å²) in [5.74, 6) is 1.34. The molecule has 2 amide bonds. The van der Waals surface area contributed by atoms with Gasteiger partial charge in [0.05, 0.1) is 0 Å². The molecule has 4 heteroatoms. The molecule has 2 unspecified atom stereocenters. The van der Waals surface area contributed by atoms with Crippen molar-refractivity contribution in [2.45, 2.75) is 63.5 Å². The molecule has 5 rings (SSSR count). The third-order valence-electron chi connectivity index (χ3n) is 5.71. The predicted molar refractivity (Wildman–Crippen MR) is 89.5 cm³/mol. The maximum Gasteiger partial charge on any atom is 0.322 e. The van der Waals surface area contributed by atoms with Gasteiger partial charge in [0.25, 0.3) is 0 Å². The quantitative estimate of drug-likeness (QED) is 0.816. The molecule has 2 aliphatic heterocycles. The normalized spacial score (nSPS) is 30.5. The van der Waals surface area contributed by atoms with Crippen molar-refractivity contribution in [3.05, 3.63) is 28.8 Å². The van der Waals surface area contributed by atoms with Crippen LogP contribution in [0.3, 0.4) is 0 Å². The number of benzene rings is 1. The highest BCUT2D eigenvalue weighted by Gasteiger charge is 2.46. The second-order valence-electron chi connectivity index (χ2n) is 7.32. The van der Waals surface area contributed by atoms with E-state index in [1.807, 2.05) is 12.1 Å². The van der Waals surface area contributed by atoms with Crippen LogP contribution < -0.4 is 5.32 Å². The van der Waals surface area contributed by atoms with Crippen LogP contribution in [0.1, 0.15) is 56.9 Å². The molecular weight excluding hydrogens is 296 g/mol. The number of hydrogen-bond donors (Lipinski definition) is 1. The lowest BCUT2D eigenvalue weighted by Crippen LogP contribution is -2.63. The topological polar surface area (TPSA) is 32.3 Å². The number of hydrogen-bond acceptors (Lipinski definition) is 1. The van der Waals surface area contributed by atoms with Crippen molar-refractivity contribution in [3.63, 3.8) is 0 Å². The van der Waals surface area contributed by atoms with E-state index in [4.69, 9.17) is 11.6 Å². The van der Waals surface area contributed by atoms with Crippen LogP contribution in [-0.2, 0) is 0 Å². The van der Waals surface area contributed by atoms with E-state index in [-0.39, 0.29) is 6.03 Å². The van der Waals surface area contributed by atoms with Crippen LogP contribution in [0.5, 0.6) is 0 Å². The standard InChI is InChI=1S/C18H23ClN2O/c1-11-7-14-10-15(8-11)21(14)18(22)20-13-5-6-17(19)16(9-13)12-3-2-4-12/h5-6,9,11-12,14-15H,2-4,7-8,10H2,1H3,(H,20,22)/t11?,14-,15?/m1/s1. The number of piperidine rings is 1. The zero-order chi connectivity index (χ0) is 15.3. The Kier molecular flexibility index (Phi) is 3.56. The minimum Gasteiger partial charge on any atom is -0.318 e. The molecule has 0 radical (unpaired) electrons. The van der Waals surface area contributed by atoms with Crippen molar-refractivity contribution in [2.75, 3.05) is 5.32 Å². The van der Waals surface area contributed by atoms with E-state index in [1.165, 1.54) is 31.2 Å². The molecule has 0 aromatic heterocycles. The van der Waals surface area contributed by atoms with Gasteiger partial charge in [0.1, 0.15) is 0 Å². The number of nitrogens with one attached hydrogen (secondary N) is 1. The summed E-state index contributed by atoms with van der Waals surface area (Å²) in [6, 6.07) is 6.88. The largest absolute Gasteiger partial charge is 0.322 e. The average molecular weight is 319 g/mol. The number of amides is 2. The summed E-state index contributed by atoms with van der Waals surface area (Å²) in [5.41, 5.74) is 2.08. The first-order chi connectivity index (χ1) is 10.6. The Hall–Kier alpha value is -1.22. The molecule has 118 valence electrons. The minimum absolute atomic E-state index is 0.0648. The van der Waals surface area contributed by atoms with E-state index in [1.54, 1.807) is 0 Å². The summed E-state index contributed by atoms with van der Waals surface area (Å²) in [6.45, 7) is 2.29. The van der Waals surface area contributed by atoms with Gasteiger partial charge in [-0.05, 0) is 67.7 Å². The van der Waals surface area contributed by atoms with Crippen LogP contribution in [-0.4, -0.2) is 23.0 Å². The lowest BCUT2D eigenvalue weighted by atomic mass is 9.74. The molecule has 2 saturated heterocycles. The van der Waals surface area contributed by atoms with Crippen LogP contribution in [0.15, 0.2) is 18.2 Å². The van der Waals surface area contributed by atoms with Gasteiger partial charge in [-0.25, -0.2) is 4.79 Å². The Balaban J connectivity index is 1.46. The molecule has 1 N–H and O–H groups in total. The van der Waals surface area contributed by atoms with E-state index in [9.17, 15) is 4.79 Å². The predicted octanol–water partition coefficient (Wildman–Crippen LogP) is 5.01. The number of halogens is 1. The first-order valence-corrected chi connectivity index (χ1v) is 8.88. The number of nitrogens with zero attached hydrogens (tertiary/aromatic N) is 1. The zero-order valence-electron chi connectivity index (χ0n) is 13.0. The fraction of sp³-hybridized carbons (Fsp3) is 0.611. The second kappa shape index (κ2) is 5.45. The summed E-state index contributed by atoms with van der Waals surface area (Å²) in [6.07, 6.45) is 7.20. The molecule has 2 bridgehead atoms. The van der Waals surface area contributed by atoms with Crippen molar-refractivity contribution in [1.82, 2.24) is 4.90 Å². The van der Waals surface area contributed by atoms with Gasteiger partial charge in [0.2, 0.25) is 0 Å². The highest BCUT2D eigenvalue weighted by Crippen LogP contribution is 2.42. The Morgan fingerprint density at radius 1 is 1.23 bits per heavy atom. The molecule has 4 aliphatic rings. The second-order valence-corrected chi connectivity index (χ2v) is 7.73. The molecule has 22 heavy (non-hydrogen) atoms. The number of rotatable bonds is 2. The van der Waals surface area contributed by atoms with Gasteiger partial charge in [-0.15, -0.1) is 0 Å². The van der Waals surface area contributed by atoms with Gasteiger partial charge in [0.15, 0.2) is 0 Å². The summed E-state index contributed by atoms with van der Waals surface area (Å²) in [4.78, 5) is 14.6. The van der Waals surface area contributed by atoms with E-state index in [0.717, 1.165) is 29.5 Å². The van der Waals surface area contributed by atoms with Gasteiger partial charge in [-0.3, -0.25) is 0 Å². The van der Waals surface area contributed by atoms with E-state index >= 15 is 0 Å².